The molecule has 0 aliphatic rings. The Morgan fingerprint density at radius 3 is 2.40 bits per heavy atom. The fourth-order valence-electron chi connectivity index (χ4n) is 0.605. The summed E-state index contributed by atoms with van der Waals surface area (Å²) in [7, 11) is 0. The molecule has 0 fully saturated rings. The van der Waals surface area contributed by atoms with Gasteiger partial charge in [0.25, 0.3) is 0 Å². The quantitative estimate of drug-likeness (QED) is 0.340. The minimum Gasteiger partial charge on any atom is -0.508 e. The predicted molar refractivity (Wildman–Crippen MR) is 41.9 cm³/mol. The second kappa shape index (κ2) is 2.38. The van der Waals surface area contributed by atoms with Gasteiger partial charge in [-0.2, -0.15) is 0 Å². The van der Waals surface area contributed by atoms with Crippen LogP contribution in [0.4, 0.5) is 5.69 Å². The maximum atomic E-state index is 9.05. The third-order valence-corrected chi connectivity index (χ3v) is 1.68. The lowest BCUT2D eigenvalue weighted by Gasteiger charge is -2.00. The van der Waals surface area contributed by atoms with Crippen molar-refractivity contribution in [1.29, 1.82) is 0 Å². The van der Waals surface area contributed by atoms with Gasteiger partial charge in [0, 0.05) is 6.07 Å². The fourth-order valence-corrected chi connectivity index (χ4v) is 1.07. The van der Waals surface area contributed by atoms with Gasteiger partial charge in [-0.1, -0.05) is 0 Å². The number of phenolic OH excluding ortho intramolecular Hbond substituents is 2. The Morgan fingerprint density at radius 2 is 1.90 bits per heavy atom. The van der Waals surface area contributed by atoms with Gasteiger partial charge in [0.05, 0.1) is 10.2 Å². The second-order valence-corrected chi connectivity index (χ2v) is 2.72. The maximum absolute atomic E-state index is 9.05. The average molecular weight is 204 g/mol. The van der Waals surface area contributed by atoms with Crippen molar-refractivity contribution in [2.75, 3.05) is 5.73 Å². The zero-order valence-electron chi connectivity index (χ0n) is 5.00. The first-order valence-electron chi connectivity index (χ1n) is 2.58. The van der Waals surface area contributed by atoms with Crippen LogP contribution < -0.4 is 5.73 Å². The van der Waals surface area contributed by atoms with E-state index in [-0.39, 0.29) is 17.2 Å². The number of halogens is 1. The van der Waals surface area contributed by atoms with E-state index in [4.69, 9.17) is 15.9 Å². The molecule has 0 aliphatic heterocycles. The normalized spacial score (nSPS) is 9.70. The highest BCUT2D eigenvalue weighted by Crippen LogP contribution is 2.33. The molecular formula is C6H6BrNO2. The Kier molecular flexibility index (Phi) is 1.72. The zero-order chi connectivity index (χ0) is 7.72. The summed E-state index contributed by atoms with van der Waals surface area (Å²) in [6, 6.07) is 2.64. The van der Waals surface area contributed by atoms with Crippen LogP contribution in [0.1, 0.15) is 0 Å². The van der Waals surface area contributed by atoms with Crippen molar-refractivity contribution in [2.24, 2.45) is 0 Å². The number of hydrogen-bond donors (Lipinski definition) is 3. The highest BCUT2D eigenvalue weighted by Gasteiger charge is 2.02. The molecule has 0 bridgehead atoms. The van der Waals surface area contributed by atoms with E-state index < -0.39 is 0 Å². The lowest BCUT2D eigenvalue weighted by Crippen LogP contribution is -1.85. The smallest absolute Gasteiger partial charge is 0.152 e. The van der Waals surface area contributed by atoms with Crippen LogP contribution in [0, 0.1) is 0 Å². The van der Waals surface area contributed by atoms with Crippen LogP contribution in [-0.4, -0.2) is 10.2 Å². The van der Waals surface area contributed by atoms with E-state index in [1.807, 2.05) is 0 Å². The molecule has 0 amide bonds. The number of aromatic hydroxyl groups is 2. The number of rotatable bonds is 0. The SMILES string of the molecule is Nc1cc(O)cc(Br)c1O. The van der Waals surface area contributed by atoms with Gasteiger partial charge in [-0.05, 0) is 22.0 Å². The van der Waals surface area contributed by atoms with Crippen LogP contribution in [-0.2, 0) is 0 Å². The van der Waals surface area contributed by atoms with Crippen molar-refractivity contribution in [2.45, 2.75) is 0 Å². The molecule has 0 saturated carbocycles. The van der Waals surface area contributed by atoms with Crippen LogP contribution in [0.15, 0.2) is 16.6 Å². The van der Waals surface area contributed by atoms with E-state index >= 15 is 0 Å². The van der Waals surface area contributed by atoms with Crippen LogP contribution in [0.2, 0.25) is 0 Å². The van der Waals surface area contributed by atoms with E-state index in [2.05, 4.69) is 15.9 Å². The lowest BCUT2D eigenvalue weighted by atomic mass is 10.3. The van der Waals surface area contributed by atoms with Gasteiger partial charge in [-0.15, -0.1) is 0 Å². The van der Waals surface area contributed by atoms with Crippen molar-refractivity contribution < 1.29 is 10.2 Å². The molecule has 1 rings (SSSR count). The number of hydrogen-bond acceptors (Lipinski definition) is 3. The first-order chi connectivity index (χ1) is 4.61. The maximum Gasteiger partial charge on any atom is 0.152 e. The molecule has 0 aromatic heterocycles. The van der Waals surface area contributed by atoms with E-state index in [0.717, 1.165) is 0 Å². The highest BCUT2D eigenvalue weighted by atomic mass is 79.9. The van der Waals surface area contributed by atoms with Gasteiger partial charge in [0.15, 0.2) is 5.75 Å². The van der Waals surface area contributed by atoms with E-state index in [9.17, 15) is 0 Å². The van der Waals surface area contributed by atoms with Gasteiger partial charge < -0.3 is 15.9 Å². The van der Waals surface area contributed by atoms with Crippen molar-refractivity contribution in [1.82, 2.24) is 0 Å². The Labute approximate surface area is 66.2 Å². The van der Waals surface area contributed by atoms with Gasteiger partial charge in [0.2, 0.25) is 0 Å². The van der Waals surface area contributed by atoms with Crippen molar-refractivity contribution in [3.8, 4) is 11.5 Å². The van der Waals surface area contributed by atoms with Crippen molar-refractivity contribution >= 4 is 21.6 Å². The fraction of sp³-hybridized carbons (Fsp3) is 0. The summed E-state index contributed by atoms with van der Waals surface area (Å²) in [5.41, 5.74) is 5.44. The molecule has 1 aromatic carbocycles. The third kappa shape index (κ3) is 1.16. The molecule has 0 atom stereocenters. The molecule has 0 saturated heterocycles. The first kappa shape index (κ1) is 7.21. The molecule has 0 radical (unpaired) electrons. The molecule has 4 heteroatoms. The van der Waals surface area contributed by atoms with Gasteiger partial charge in [-0.3, -0.25) is 0 Å². The highest BCUT2D eigenvalue weighted by molar-refractivity contribution is 9.10. The number of benzene rings is 1. The molecule has 0 unspecified atom stereocenters. The second-order valence-electron chi connectivity index (χ2n) is 1.87. The van der Waals surface area contributed by atoms with Crippen molar-refractivity contribution in [3.05, 3.63) is 16.6 Å². The topological polar surface area (TPSA) is 66.5 Å². The molecule has 10 heavy (non-hydrogen) atoms. The molecule has 54 valence electrons. The number of nitrogen functional groups attached to an aromatic ring is 1. The number of anilines is 1. The summed E-state index contributed by atoms with van der Waals surface area (Å²) >= 11 is 3.01. The minimum atomic E-state index is -0.0437. The number of phenols is 2. The molecule has 0 heterocycles. The number of nitrogens with two attached hydrogens (primary N) is 1. The molecule has 3 nitrogen and oxygen atoms in total. The van der Waals surface area contributed by atoms with Crippen LogP contribution >= 0.6 is 15.9 Å². The monoisotopic (exact) mass is 203 g/mol. The predicted octanol–water partition coefficient (Wildman–Crippen LogP) is 1.44. The first-order valence-corrected chi connectivity index (χ1v) is 3.37. The minimum absolute atomic E-state index is 0.0298. The Bertz CT molecular complexity index is 239. The van der Waals surface area contributed by atoms with E-state index in [1.54, 1.807) is 0 Å². The lowest BCUT2D eigenvalue weighted by molar-refractivity contribution is 0.459. The summed E-state index contributed by atoms with van der Waals surface area (Å²) < 4.78 is 0.394. The Balaban J connectivity index is 3.31. The molecule has 1 aromatic rings. The van der Waals surface area contributed by atoms with Crippen LogP contribution in [0.25, 0.3) is 0 Å². The Morgan fingerprint density at radius 1 is 1.30 bits per heavy atom. The van der Waals surface area contributed by atoms with E-state index in [1.165, 1.54) is 12.1 Å². The third-order valence-electron chi connectivity index (χ3n) is 1.08. The molecule has 0 aliphatic carbocycles. The largest absolute Gasteiger partial charge is 0.508 e. The summed E-state index contributed by atoms with van der Waals surface area (Å²) in [6.07, 6.45) is 0. The van der Waals surface area contributed by atoms with E-state index in [0.29, 0.717) is 4.47 Å². The summed E-state index contributed by atoms with van der Waals surface area (Å²) in [5.74, 6) is -0.0139. The summed E-state index contributed by atoms with van der Waals surface area (Å²) in [5, 5.41) is 17.9. The zero-order valence-corrected chi connectivity index (χ0v) is 6.59. The van der Waals surface area contributed by atoms with Crippen LogP contribution in [0.3, 0.4) is 0 Å². The van der Waals surface area contributed by atoms with Gasteiger partial charge >= 0.3 is 0 Å². The summed E-state index contributed by atoms with van der Waals surface area (Å²) in [6.45, 7) is 0. The standard InChI is InChI=1S/C6H6BrNO2/c7-4-1-3(9)2-5(8)6(4)10/h1-2,9-10H,8H2. The van der Waals surface area contributed by atoms with Gasteiger partial charge in [0.1, 0.15) is 5.75 Å². The van der Waals surface area contributed by atoms with Crippen LogP contribution in [0.5, 0.6) is 11.5 Å². The molecule has 4 N–H and O–H groups in total. The average Bonchev–Trinajstić information content (AvgIpc) is 1.82. The Hall–Kier alpha value is -0.900. The summed E-state index contributed by atoms with van der Waals surface area (Å²) in [4.78, 5) is 0. The van der Waals surface area contributed by atoms with Gasteiger partial charge in [-0.25, -0.2) is 0 Å². The molecular weight excluding hydrogens is 198 g/mol. The molecule has 0 spiro atoms. The van der Waals surface area contributed by atoms with Crippen molar-refractivity contribution in [3.63, 3.8) is 0 Å².